The maximum atomic E-state index is 14.1. The van der Waals surface area contributed by atoms with E-state index in [9.17, 15) is 22.8 Å². The van der Waals surface area contributed by atoms with Crippen LogP contribution in [-0.2, 0) is 44.0 Å². The summed E-state index contributed by atoms with van der Waals surface area (Å²) in [4.78, 5) is 38.8. The van der Waals surface area contributed by atoms with Gasteiger partial charge in [-0.1, -0.05) is 41.5 Å². The van der Waals surface area contributed by atoms with Crippen molar-refractivity contribution in [1.82, 2.24) is 9.13 Å². The van der Waals surface area contributed by atoms with Crippen LogP contribution in [0.4, 0.5) is 0 Å². The number of nitrogens with two attached hydrogens (primary N) is 1. The smallest absolute Gasteiger partial charge is 0.333 e. The first-order valence-electron chi connectivity index (χ1n) is 15.6. The van der Waals surface area contributed by atoms with Crippen LogP contribution in [0, 0.1) is 6.92 Å². The second-order valence-corrected chi connectivity index (χ2v) is 26.3. The molecule has 2 aliphatic heterocycles. The van der Waals surface area contributed by atoms with Gasteiger partial charge in [0.25, 0.3) is 15.7 Å². The number of nitrogens with zero attached hydrogens (tertiary/aromatic N) is 2. The molecule has 0 aliphatic carbocycles. The first-order chi connectivity index (χ1) is 20.8. The van der Waals surface area contributed by atoms with E-state index >= 15 is 0 Å². The van der Waals surface area contributed by atoms with Crippen molar-refractivity contribution in [2.45, 2.75) is 135 Å². The van der Waals surface area contributed by atoms with Gasteiger partial charge in [0.05, 0.1) is 24.8 Å². The largest absolute Gasteiger partial charge is 0.469 e. The van der Waals surface area contributed by atoms with Gasteiger partial charge in [-0.2, -0.15) is 8.42 Å². The van der Waals surface area contributed by atoms with Gasteiger partial charge in [0.2, 0.25) is 0 Å². The molecule has 0 amide bonds. The molecule has 2 aliphatic rings. The number of methoxy groups -OCH3 is 1. The van der Waals surface area contributed by atoms with Crippen LogP contribution >= 0.6 is 0 Å². The topological polar surface area (TPSA) is 167 Å². The minimum absolute atomic E-state index is 0.0484. The van der Waals surface area contributed by atoms with Gasteiger partial charge >= 0.3 is 11.7 Å². The van der Waals surface area contributed by atoms with Crippen molar-refractivity contribution in [2.75, 3.05) is 13.7 Å². The maximum Gasteiger partial charge on any atom is 0.333 e. The van der Waals surface area contributed by atoms with Crippen LogP contribution in [0.5, 0.6) is 0 Å². The summed E-state index contributed by atoms with van der Waals surface area (Å²) in [5.41, 5.74) is 3.72. The predicted molar refractivity (Wildman–Crippen MR) is 180 cm³/mol. The van der Waals surface area contributed by atoms with Gasteiger partial charge < -0.3 is 24.1 Å². The van der Waals surface area contributed by atoms with Crippen LogP contribution in [0.15, 0.2) is 26.9 Å². The second kappa shape index (κ2) is 13.1. The van der Waals surface area contributed by atoms with Gasteiger partial charge in [-0.3, -0.25) is 18.7 Å². The first kappa shape index (κ1) is 38.4. The fraction of sp³-hybridized carbons (Fsp3) is 0.767. The number of hydrogen-bond acceptors (Lipinski definition) is 11. The molecule has 4 atom stereocenters. The molecular weight excluding hydrogens is 651 g/mol. The number of hydrogen-bond donors (Lipinski definition) is 1. The summed E-state index contributed by atoms with van der Waals surface area (Å²) >= 11 is 0. The molecule has 1 fully saturated rings. The number of rotatable bonds is 11. The van der Waals surface area contributed by atoms with Crippen molar-refractivity contribution < 1.29 is 35.7 Å². The minimum Gasteiger partial charge on any atom is -0.469 e. The highest BCUT2D eigenvalue weighted by Gasteiger charge is 2.67. The van der Waals surface area contributed by atoms with Crippen molar-refractivity contribution in [3.63, 3.8) is 0 Å². The number of ether oxygens (including phenoxy) is 2. The van der Waals surface area contributed by atoms with E-state index in [1.807, 2.05) is 33.9 Å². The second-order valence-electron chi connectivity index (χ2n) is 15.3. The number of aryl methyl sites for hydroxylation is 1. The first-order valence-corrected chi connectivity index (χ1v) is 22.9. The van der Waals surface area contributed by atoms with Crippen molar-refractivity contribution >= 4 is 32.7 Å². The van der Waals surface area contributed by atoms with E-state index in [0.717, 1.165) is 9.98 Å². The molecule has 1 aromatic heterocycles. The van der Waals surface area contributed by atoms with Gasteiger partial charge in [0.1, 0.15) is 12.2 Å². The Hall–Kier alpha value is -2.09. The molecule has 3 rings (SSSR count). The van der Waals surface area contributed by atoms with Crippen LogP contribution in [-0.4, -0.2) is 71.7 Å². The van der Waals surface area contributed by atoms with E-state index in [2.05, 4.69) is 33.9 Å². The SMILES string of the molecule is COC(=O)CCCCn1c(=O)c(C)cn([C@@H]2OC(CO[Si](C)(C)C(C)(C)C)C3(OS(=O)(=O)C=C3N)[C@H]2O[Si](C)(C)C(C)(C)C)c1=O. The molecular formula is C30H53N3O10SSi2. The van der Waals surface area contributed by atoms with Crippen LogP contribution in [0.25, 0.3) is 0 Å². The Morgan fingerprint density at radius 1 is 1.04 bits per heavy atom. The molecule has 0 aromatic carbocycles. The summed E-state index contributed by atoms with van der Waals surface area (Å²) in [7, 11) is -8.06. The lowest BCUT2D eigenvalue weighted by atomic mass is 9.89. The van der Waals surface area contributed by atoms with Gasteiger partial charge in [0.15, 0.2) is 28.5 Å². The molecule has 1 spiro atoms. The highest BCUT2D eigenvalue weighted by atomic mass is 32.2. The summed E-state index contributed by atoms with van der Waals surface area (Å²) in [5, 5.41) is 0.372. The van der Waals surface area contributed by atoms with Gasteiger partial charge in [0, 0.05) is 24.7 Å². The molecule has 3 heterocycles. The Morgan fingerprint density at radius 3 is 2.13 bits per heavy atom. The fourth-order valence-electron chi connectivity index (χ4n) is 4.99. The van der Waals surface area contributed by atoms with E-state index in [-0.39, 0.29) is 46.9 Å². The quantitative estimate of drug-likeness (QED) is 0.154. The van der Waals surface area contributed by atoms with Crippen molar-refractivity contribution in [3.8, 4) is 0 Å². The predicted octanol–water partition coefficient (Wildman–Crippen LogP) is 3.87. The molecule has 0 bridgehead atoms. The molecule has 1 aromatic rings. The molecule has 13 nitrogen and oxygen atoms in total. The molecule has 16 heteroatoms. The van der Waals surface area contributed by atoms with E-state index in [0.29, 0.717) is 12.8 Å². The van der Waals surface area contributed by atoms with E-state index in [1.165, 1.54) is 17.9 Å². The molecule has 2 N–H and O–H groups in total. The van der Waals surface area contributed by atoms with Crippen LogP contribution in [0.1, 0.15) is 72.6 Å². The van der Waals surface area contributed by atoms with Crippen LogP contribution in [0.3, 0.4) is 0 Å². The van der Waals surface area contributed by atoms with Gasteiger partial charge in [-0.05, 0) is 56.0 Å². The maximum absolute atomic E-state index is 14.1. The fourth-order valence-corrected chi connectivity index (χ4v) is 8.50. The molecule has 0 saturated carbocycles. The molecule has 262 valence electrons. The third-order valence-corrected chi connectivity index (χ3v) is 20.0. The van der Waals surface area contributed by atoms with E-state index in [1.54, 1.807) is 6.92 Å². The number of carbonyl (C=O) groups excluding carboxylic acids is 1. The average Bonchev–Trinajstić information content (AvgIpc) is 3.33. The number of unbranched alkanes of at least 4 members (excludes halogenated alkanes) is 1. The third-order valence-electron chi connectivity index (χ3n) is 9.95. The Bertz CT molecular complexity index is 1570. The summed E-state index contributed by atoms with van der Waals surface area (Å²) in [6.07, 6.45) is -1.18. The molecule has 2 unspecified atom stereocenters. The zero-order valence-corrected chi connectivity index (χ0v) is 32.2. The lowest BCUT2D eigenvalue weighted by Crippen LogP contribution is -2.59. The Kier molecular flexibility index (Phi) is 10.9. The zero-order valence-electron chi connectivity index (χ0n) is 29.4. The summed E-state index contributed by atoms with van der Waals surface area (Å²) < 4.78 is 59.1. The normalized spacial score (nSPS) is 25.2. The third kappa shape index (κ3) is 7.47. The number of carbonyl (C=O) groups is 1. The van der Waals surface area contributed by atoms with E-state index < -0.39 is 62.0 Å². The van der Waals surface area contributed by atoms with Gasteiger partial charge in [-0.25, -0.2) is 8.98 Å². The van der Waals surface area contributed by atoms with Gasteiger partial charge in [-0.15, -0.1) is 0 Å². The summed E-state index contributed by atoms with van der Waals surface area (Å²) in [6, 6.07) is 0. The number of aromatic nitrogens is 2. The Morgan fingerprint density at radius 2 is 1.63 bits per heavy atom. The minimum atomic E-state index is -4.25. The van der Waals surface area contributed by atoms with Crippen molar-refractivity contribution in [1.29, 1.82) is 0 Å². The molecule has 1 saturated heterocycles. The van der Waals surface area contributed by atoms with Crippen molar-refractivity contribution in [2.24, 2.45) is 5.73 Å². The van der Waals surface area contributed by atoms with Crippen LogP contribution < -0.4 is 17.0 Å². The summed E-state index contributed by atoms with van der Waals surface area (Å²) in [5.74, 6) is -0.382. The molecule has 0 radical (unpaired) electrons. The van der Waals surface area contributed by atoms with Crippen molar-refractivity contribution in [3.05, 3.63) is 43.7 Å². The molecule has 46 heavy (non-hydrogen) atoms. The van der Waals surface area contributed by atoms with E-state index in [4.69, 9.17) is 28.2 Å². The Balaban J connectivity index is 2.22. The lowest BCUT2D eigenvalue weighted by molar-refractivity contribution is -0.140. The lowest BCUT2D eigenvalue weighted by Gasteiger charge is -2.43. The highest BCUT2D eigenvalue weighted by Crippen LogP contribution is 2.52. The Labute approximate surface area is 274 Å². The zero-order chi connectivity index (χ0) is 35.3. The van der Waals surface area contributed by atoms with Crippen LogP contribution in [0.2, 0.25) is 36.3 Å². The highest BCUT2D eigenvalue weighted by molar-refractivity contribution is 7.90. The number of esters is 1. The summed E-state index contributed by atoms with van der Waals surface area (Å²) in [6.45, 7) is 22.0. The standard InChI is InChI=1S/C30H53N3O10SSi2/c1-20-17-33(27(36)32(25(20)35)16-14-13-15-23(34)39-8)26-24(42-46(11,12)29(5,6)7)30(21(31)19-44(37,38)43-30)22(41-26)18-40-45(9,10)28(2,3)4/h17,19,22,24,26H,13-16,18,31H2,1-12H3/t22?,24-,26+,30?/m0/s1. The monoisotopic (exact) mass is 703 g/mol. The average molecular weight is 704 g/mol.